The van der Waals surface area contributed by atoms with Crippen LogP contribution in [0.3, 0.4) is 0 Å². The molecule has 2 aliphatic rings. The SMILES string of the molecule is O=C(c1ccc(Cl)cc1)N(CCCN1CCOCC1)C1CCS(=O)(=O)C1. The minimum absolute atomic E-state index is 0.0594. The van der Waals surface area contributed by atoms with Crippen LogP contribution in [0.1, 0.15) is 23.2 Å². The number of sulfone groups is 1. The van der Waals surface area contributed by atoms with Crippen molar-refractivity contribution in [2.24, 2.45) is 0 Å². The maximum absolute atomic E-state index is 13.0. The average molecular weight is 401 g/mol. The van der Waals surface area contributed by atoms with Gasteiger partial charge < -0.3 is 9.64 Å². The quantitative estimate of drug-likeness (QED) is 0.727. The second-order valence-corrected chi connectivity index (χ2v) is 9.54. The number of carbonyl (C=O) groups is 1. The summed E-state index contributed by atoms with van der Waals surface area (Å²) in [7, 11) is -3.05. The maximum Gasteiger partial charge on any atom is 0.254 e. The molecule has 144 valence electrons. The van der Waals surface area contributed by atoms with E-state index in [1.165, 1.54) is 0 Å². The molecular formula is C18H25ClN2O4S. The van der Waals surface area contributed by atoms with Crippen molar-refractivity contribution in [3.05, 3.63) is 34.9 Å². The molecule has 2 aliphatic heterocycles. The number of hydrogen-bond acceptors (Lipinski definition) is 5. The molecule has 1 unspecified atom stereocenters. The lowest BCUT2D eigenvalue weighted by molar-refractivity contribution is 0.0349. The summed E-state index contributed by atoms with van der Waals surface area (Å²) in [5, 5.41) is 0.573. The van der Waals surface area contributed by atoms with E-state index in [0.29, 0.717) is 23.6 Å². The van der Waals surface area contributed by atoms with Crippen LogP contribution in [0.15, 0.2) is 24.3 Å². The van der Waals surface area contributed by atoms with Crippen LogP contribution in [0, 0.1) is 0 Å². The zero-order valence-corrected chi connectivity index (χ0v) is 16.3. The van der Waals surface area contributed by atoms with Gasteiger partial charge in [-0.1, -0.05) is 11.6 Å². The summed E-state index contributed by atoms with van der Waals surface area (Å²) in [6.45, 7) is 4.74. The molecule has 1 aromatic carbocycles. The van der Waals surface area contributed by atoms with E-state index in [4.69, 9.17) is 16.3 Å². The van der Waals surface area contributed by atoms with Gasteiger partial charge in [0, 0.05) is 42.8 Å². The number of carbonyl (C=O) groups excluding carboxylic acids is 1. The maximum atomic E-state index is 13.0. The van der Waals surface area contributed by atoms with Gasteiger partial charge >= 0.3 is 0 Å². The Morgan fingerprint density at radius 3 is 2.54 bits per heavy atom. The number of benzene rings is 1. The second-order valence-electron chi connectivity index (χ2n) is 6.87. The lowest BCUT2D eigenvalue weighted by atomic mass is 10.1. The Balaban J connectivity index is 1.66. The van der Waals surface area contributed by atoms with Crippen molar-refractivity contribution < 1.29 is 17.9 Å². The van der Waals surface area contributed by atoms with Crippen molar-refractivity contribution in [3.8, 4) is 0 Å². The Labute approximate surface area is 160 Å². The first kappa shape index (κ1) is 19.6. The minimum atomic E-state index is -3.05. The van der Waals surface area contributed by atoms with Gasteiger partial charge in [0.15, 0.2) is 9.84 Å². The van der Waals surface area contributed by atoms with E-state index in [2.05, 4.69) is 4.90 Å². The molecule has 1 atom stereocenters. The zero-order chi connectivity index (χ0) is 18.6. The van der Waals surface area contributed by atoms with Crippen LogP contribution in [-0.4, -0.2) is 81.1 Å². The first-order chi connectivity index (χ1) is 12.4. The topological polar surface area (TPSA) is 66.9 Å². The van der Waals surface area contributed by atoms with Crippen molar-refractivity contribution in [2.45, 2.75) is 18.9 Å². The molecule has 0 bridgehead atoms. The van der Waals surface area contributed by atoms with E-state index in [0.717, 1.165) is 39.3 Å². The normalized spacial score (nSPS) is 23.0. The highest BCUT2D eigenvalue weighted by molar-refractivity contribution is 7.91. The van der Waals surface area contributed by atoms with Gasteiger partial charge in [-0.05, 0) is 37.1 Å². The highest BCUT2D eigenvalue weighted by atomic mass is 35.5. The fourth-order valence-electron chi connectivity index (χ4n) is 3.52. The lowest BCUT2D eigenvalue weighted by Gasteiger charge is -2.31. The highest BCUT2D eigenvalue weighted by Crippen LogP contribution is 2.21. The summed E-state index contributed by atoms with van der Waals surface area (Å²) in [6.07, 6.45) is 1.33. The minimum Gasteiger partial charge on any atom is -0.379 e. The van der Waals surface area contributed by atoms with E-state index in [9.17, 15) is 13.2 Å². The molecule has 1 amide bonds. The van der Waals surface area contributed by atoms with E-state index < -0.39 is 9.84 Å². The largest absolute Gasteiger partial charge is 0.379 e. The summed E-state index contributed by atoms with van der Waals surface area (Å²) < 4.78 is 29.1. The Morgan fingerprint density at radius 1 is 1.23 bits per heavy atom. The van der Waals surface area contributed by atoms with Gasteiger partial charge in [0.1, 0.15) is 0 Å². The van der Waals surface area contributed by atoms with Crippen molar-refractivity contribution >= 4 is 27.3 Å². The number of ether oxygens (including phenoxy) is 1. The number of nitrogens with zero attached hydrogens (tertiary/aromatic N) is 2. The monoisotopic (exact) mass is 400 g/mol. The lowest BCUT2D eigenvalue weighted by Crippen LogP contribution is -2.43. The third kappa shape index (κ3) is 5.19. The molecule has 0 saturated carbocycles. The number of rotatable bonds is 6. The van der Waals surface area contributed by atoms with Crippen molar-refractivity contribution in [2.75, 3.05) is 50.9 Å². The molecule has 0 N–H and O–H groups in total. The van der Waals surface area contributed by atoms with Crippen LogP contribution >= 0.6 is 11.6 Å². The van der Waals surface area contributed by atoms with Crippen LogP contribution in [-0.2, 0) is 14.6 Å². The van der Waals surface area contributed by atoms with E-state index in [1.807, 2.05) is 0 Å². The summed E-state index contributed by atoms with van der Waals surface area (Å²) >= 11 is 5.91. The molecule has 8 heteroatoms. The number of morpholine rings is 1. The van der Waals surface area contributed by atoms with Gasteiger partial charge in [-0.15, -0.1) is 0 Å². The molecule has 26 heavy (non-hydrogen) atoms. The van der Waals surface area contributed by atoms with Gasteiger partial charge in [-0.25, -0.2) is 8.42 Å². The smallest absolute Gasteiger partial charge is 0.254 e. The summed E-state index contributed by atoms with van der Waals surface area (Å²) in [5.74, 6) is 0.0980. The highest BCUT2D eigenvalue weighted by Gasteiger charge is 2.34. The third-order valence-electron chi connectivity index (χ3n) is 4.98. The van der Waals surface area contributed by atoms with Crippen molar-refractivity contribution in [3.63, 3.8) is 0 Å². The van der Waals surface area contributed by atoms with Crippen LogP contribution in [0.25, 0.3) is 0 Å². The van der Waals surface area contributed by atoms with Crippen LogP contribution in [0.5, 0.6) is 0 Å². The van der Waals surface area contributed by atoms with E-state index in [1.54, 1.807) is 29.2 Å². The van der Waals surface area contributed by atoms with Gasteiger partial charge in [-0.2, -0.15) is 0 Å². The van der Waals surface area contributed by atoms with Gasteiger partial charge in [0.2, 0.25) is 0 Å². The third-order valence-corrected chi connectivity index (χ3v) is 6.98. The summed E-state index contributed by atoms with van der Waals surface area (Å²) in [6, 6.07) is 6.53. The number of hydrogen-bond donors (Lipinski definition) is 0. The fourth-order valence-corrected chi connectivity index (χ4v) is 5.38. The van der Waals surface area contributed by atoms with Crippen molar-refractivity contribution in [1.82, 2.24) is 9.80 Å². The van der Waals surface area contributed by atoms with E-state index >= 15 is 0 Å². The standard InChI is InChI=1S/C18H25ClN2O4S/c19-16-4-2-15(3-5-16)18(22)21(17-6-13-26(23,24)14-17)8-1-7-20-9-11-25-12-10-20/h2-5,17H,1,6-14H2. The summed E-state index contributed by atoms with van der Waals surface area (Å²) in [4.78, 5) is 17.1. The molecule has 0 radical (unpaired) electrons. The van der Waals surface area contributed by atoms with Crippen LogP contribution in [0.2, 0.25) is 5.02 Å². The Morgan fingerprint density at radius 2 is 1.92 bits per heavy atom. The zero-order valence-electron chi connectivity index (χ0n) is 14.8. The molecule has 2 saturated heterocycles. The molecule has 0 aromatic heterocycles. The molecular weight excluding hydrogens is 376 g/mol. The molecule has 0 aliphatic carbocycles. The average Bonchev–Trinajstić information content (AvgIpc) is 2.99. The summed E-state index contributed by atoms with van der Waals surface area (Å²) in [5.41, 5.74) is 0.546. The Kier molecular flexibility index (Phi) is 6.55. The fraction of sp³-hybridized carbons (Fsp3) is 0.611. The van der Waals surface area contributed by atoms with Crippen molar-refractivity contribution in [1.29, 1.82) is 0 Å². The number of halogens is 1. The van der Waals surface area contributed by atoms with Gasteiger partial charge in [0.05, 0.1) is 24.7 Å². The predicted octanol–water partition coefficient (Wildman–Crippen LogP) is 1.69. The molecule has 6 nitrogen and oxygen atoms in total. The molecule has 2 heterocycles. The predicted molar refractivity (Wildman–Crippen MR) is 101 cm³/mol. The second kappa shape index (κ2) is 8.69. The molecule has 3 rings (SSSR count). The Hall–Kier alpha value is -1.15. The van der Waals surface area contributed by atoms with E-state index in [-0.39, 0.29) is 23.5 Å². The van der Waals surface area contributed by atoms with Crippen LogP contribution in [0.4, 0.5) is 0 Å². The number of amides is 1. The van der Waals surface area contributed by atoms with Crippen LogP contribution < -0.4 is 0 Å². The molecule has 1 aromatic rings. The molecule has 2 fully saturated rings. The molecule has 0 spiro atoms. The van der Waals surface area contributed by atoms with Gasteiger partial charge in [-0.3, -0.25) is 9.69 Å². The first-order valence-electron chi connectivity index (χ1n) is 9.02. The van der Waals surface area contributed by atoms with Gasteiger partial charge in [0.25, 0.3) is 5.91 Å². The Bertz CT molecular complexity index is 717. The first-order valence-corrected chi connectivity index (χ1v) is 11.2.